The number of hydrogen-bond donors (Lipinski definition) is 0. The Balaban J connectivity index is 1.83. The van der Waals surface area contributed by atoms with Gasteiger partial charge in [-0.15, -0.1) is 0 Å². The van der Waals surface area contributed by atoms with Crippen molar-refractivity contribution >= 4 is 5.91 Å². The van der Waals surface area contributed by atoms with E-state index in [1.54, 1.807) is 24.1 Å². The molecule has 0 radical (unpaired) electrons. The van der Waals surface area contributed by atoms with Gasteiger partial charge in [-0.3, -0.25) is 9.69 Å². The molecule has 4 heteroatoms. The van der Waals surface area contributed by atoms with E-state index in [1.807, 2.05) is 0 Å². The first kappa shape index (κ1) is 15.0. The Hall–Kier alpha value is -1.42. The second kappa shape index (κ2) is 6.84. The third-order valence-electron chi connectivity index (χ3n) is 3.86. The second-order valence-electron chi connectivity index (χ2n) is 5.86. The van der Waals surface area contributed by atoms with E-state index in [4.69, 9.17) is 0 Å². The monoisotopic (exact) mass is 278 g/mol. The van der Waals surface area contributed by atoms with Gasteiger partial charge in [-0.1, -0.05) is 19.1 Å². The Morgan fingerprint density at radius 1 is 1.40 bits per heavy atom. The Bertz CT molecular complexity index is 446. The number of nitrogens with zero attached hydrogens (tertiary/aromatic N) is 2. The Morgan fingerprint density at radius 3 is 2.75 bits per heavy atom. The smallest absolute Gasteiger partial charge is 0.236 e. The van der Waals surface area contributed by atoms with Gasteiger partial charge in [0.2, 0.25) is 5.91 Å². The Labute approximate surface area is 120 Å². The molecule has 0 spiro atoms. The minimum atomic E-state index is -0.245. The number of carbonyl (C=O) groups excluding carboxylic acids is 1. The van der Waals surface area contributed by atoms with Crippen LogP contribution in [0.25, 0.3) is 0 Å². The average Bonchev–Trinajstić information content (AvgIpc) is 2.41. The third kappa shape index (κ3) is 4.30. The van der Waals surface area contributed by atoms with Crippen molar-refractivity contribution in [3.05, 3.63) is 35.6 Å². The summed E-state index contributed by atoms with van der Waals surface area (Å²) in [5.74, 6) is 0.562. The summed E-state index contributed by atoms with van der Waals surface area (Å²) in [5.41, 5.74) is 0.953. The van der Waals surface area contributed by atoms with Crippen LogP contribution in [0.2, 0.25) is 0 Å². The summed E-state index contributed by atoms with van der Waals surface area (Å²) in [4.78, 5) is 16.1. The van der Waals surface area contributed by atoms with Gasteiger partial charge in [0.15, 0.2) is 0 Å². The zero-order valence-electron chi connectivity index (χ0n) is 12.3. The highest BCUT2D eigenvalue weighted by atomic mass is 19.1. The van der Waals surface area contributed by atoms with Gasteiger partial charge in [0.05, 0.1) is 6.54 Å². The van der Waals surface area contributed by atoms with Crippen LogP contribution >= 0.6 is 0 Å². The number of rotatable bonds is 4. The predicted octanol–water partition coefficient (Wildman–Crippen LogP) is 2.52. The van der Waals surface area contributed by atoms with Crippen LogP contribution in [-0.4, -0.2) is 42.4 Å². The zero-order valence-corrected chi connectivity index (χ0v) is 12.3. The van der Waals surface area contributed by atoms with Crippen molar-refractivity contribution in [1.29, 1.82) is 0 Å². The molecule has 1 fully saturated rings. The van der Waals surface area contributed by atoms with Crippen LogP contribution in [0.3, 0.4) is 0 Å². The number of halogens is 1. The quantitative estimate of drug-likeness (QED) is 0.845. The van der Waals surface area contributed by atoms with Crippen LogP contribution in [-0.2, 0) is 11.3 Å². The molecular weight excluding hydrogens is 255 g/mol. The lowest BCUT2D eigenvalue weighted by atomic mass is 10.0. The number of amides is 1. The SMILES string of the molecule is CC1CCCN(CC(=O)N(C)Cc2ccc(F)cc2)C1. The summed E-state index contributed by atoms with van der Waals surface area (Å²) >= 11 is 0. The van der Waals surface area contributed by atoms with E-state index in [1.165, 1.54) is 25.0 Å². The van der Waals surface area contributed by atoms with Gasteiger partial charge in [0, 0.05) is 20.1 Å². The maximum absolute atomic E-state index is 12.8. The first-order valence-corrected chi connectivity index (χ1v) is 7.25. The molecular formula is C16H23FN2O. The molecule has 110 valence electrons. The van der Waals surface area contributed by atoms with Crippen LogP contribution in [0.5, 0.6) is 0 Å². The number of hydrogen-bond acceptors (Lipinski definition) is 2. The lowest BCUT2D eigenvalue weighted by Gasteiger charge is -2.31. The van der Waals surface area contributed by atoms with E-state index in [9.17, 15) is 9.18 Å². The summed E-state index contributed by atoms with van der Waals surface area (Å²) in [6.45, 7) is 5.28. The molecule has 3 nitrogen and oxygen atoms in total. The van der Waals surface area contributed by atoms with Crippen molar-refractivity contribution in [2.24, 2.45) is 5.92 Å². The van der Waals surface area contributed by atoms with E-state index in [-0.39, 0.29) is 11.7 Å². The standard InChI is InChI=1S/C16H23FN2O/c1-13-4-3-9-19(10-13)12-16(20)18(2)11-14-5-7-15(17)8-6-14/h5-8,13H,3-4,9-12H2,1-2H3. The summed E-state index contributed by atoms with van der Waals surface area (Å²) in [6, 6.07) is 6.31. The number of likely N-dealkylation sites (tertiary alicyclic amines) is 1. The van der Waals surface area contributed by atoms with Crippen LogP contribution in [0.4, 0.5) is 4.39 Å². The van der Waals surface area contributed by atoms with Gasteiger partial charge < -0.3 is 4.90 Å². The molecule has 0 aromatic heterocycles. The Kier molecular flexibility index (Phi) is 5.12. The summed E-state index contributed by atoms with van der Waals surface area (Å²) < 4.78 is 12.8. The van der Waals surface area contributed by atoms with Crippen molar-refractivity contribution in [3.8, 4) is 0 Å². The molecule has 1 aliphatic heterocycles. The number of carbonyl (C=O) groups is 1. The van der Waals surface area contributed by atoms with Crippen molar-refractivity contribution in [3.63, 3.8) is 0 Å². The highest BCUT2D eigenvalue weighted by Crippen LogP contribution is 2.15. The number of benzene rings is 1. The summed E-state index contributed by atoms with van der Waals surface area (Å²) in [6.07, 6.45) is 2.44. The fourth-order valence-corrected chi connectivity index (χ4v) is 2.69. The Morgan fingerprint density at radius 2 is 2.10 bits per heavy atom. The molecule has 1 amide bonds. The highest BCUT2D eigenvalue weighted by molar-refractivity contribution is 5.78. The molecule has 1 unspecified atom stereocenters. The highest BCUT2D eigenvalue weighted by Gasteiger charge is 2.20. The van der Waals surface area contributed by atoms with Gasteiger partial charge in [-0.05, 0) is 43.0 Å². The number of piperidine rings is 1. The molecule has 0 saturated carbocycles. The van der Waals surface area contributed by atoms with E-state index in [0.29, 0.717) is 19.0 Å². The molecule has 1 heterocycles. The van der Waals surface area contributed by atoms with Crippen LogP contribution < -0.4 is 0 Å². The van der Waals surface area contributed by atoms with Crippen molar-refractivity contribution < 1.29 is 9.18 Å². The van der Waals surface area contributed by atoms with E-state index >= 15 is 0 Å². The normalized spacial score (nSPS) is 19.9. The predicted molar refractivity (Wildman–Crippen MR) is 77.7 cm³/mol. The maximum Gasteiger partial charge on any atom is 0.236 e. The van der Waals surface area contributed by atoms with Crippen molar-refractivity contribution in [2.45, 2.75) is 26.3 Å². The summed E-state index contributed by atoms with van der Waals surface area (Å²) in [7, 11) is 1.80. The van der Waals surface area contributed by atoms with Crippen LogP contribution in [0.15, 0.2) is 24.3 Å². The van der Waals surface area contributed by atoms with E-state index in [2.05, 4.69) is 11.8 Å². The molecule has 0 bridgehead atoms. The molecule has 1 atom stereocenters. The minimum absolute atomic E-state index is 0.128. The lowest BCUT2D eigenvalue weighted by molar-refractivity contribution is -0.132. The molecule has 20 heavy (non-hydrogen) atoms. The molecule has 0 aliphatic carbocycles. The van der Waals surface area contributed by atoms with Gasteiger partial charge in [-0.25, -0.2) is 4.39 Å². The third-order valence-corrected chi connectivity index (χ3v) is 3.86. The average molecular weight is 278 g/mol. The summed E-state index contributed by atoms with van der Waals surface area (Å²) in [5, 5.41) is 0. The van der Waals surface area contributed by atoms with Crippen LogP contribution in [0.1, 0.15) is 25.3 Å². The topological polar surface area (TPSA) is 23.6 Å². The molecule has 0 N–H and O–H groups in total. The van der Waals surface area contributed by atoms with E-state index < -0.39 is 0 Å². The lowest BCUT2D eigenvalue weighted by Crippen LogP contribution is -2.42. The van der Waals surface area contributed by atoms with Gasteiger partial charge >= 0.3 is 0 Å². The molecule has 1 aromatic rings. The largest absolute Gasteiger partial charge is 0.340 e. The van der Waals surface area contributed by atoms with E-state index in [0.717, 1.165) is 18.7 Å². The number of likely N-dealkylation sites (N-methyl/N-ethyl adjacent to an activating group) is 1. The van der Waals surface area contributed by atoms with Gasteiger partial charge in [-0.2, -0.15) is 0 Å². The molecule has 1 aliphatic rings. The van der Waals surface area contributed by atoms with Gasteiger partial charge in [0.1, 0.15) is 5.82 Å². The second-order valence-corrected chi connectivity index (χ2v) is 5.86. The fraction of sp³-hybridized carbons (Fsp3) is 0.562. The van der Waals surface area contributed by atoms with Crippen molar-refractivity contribution in [1.82, 2.24) is 9.80 Å². The minimum Gasteiger partial charge on any atom is -0.340 e. The molecule has 1 saturated heterocycles. The zero-order chi connectivity index (χ0) is 14.5. The maximum atomic E-state index is 12.8. The van der Waals surface area contributed by atoms with Crippen molar-refractivity contribution in [2.75, 3.05) is 26.7 Å². The van der Waals surface area contributed by atoms with Gasteiger partial charge in [0.25, 0.3) is 0 Å². The first-order valence-electron chi connectivity index (χ1n) is 7.25. The molecule has 2 rings (SSSR count). The fourth-order valence-electron chi connectivity index (χ4n) is 2.69. The molecule has 1 aromatic carbocycles. The van der Waals surface area contributed by atoms with Crippen LogP contribution in [0, 0.1) is 11.7 Å². The first-order chi connectivity index (χ1) is 9.54.